The van der Waals surface area contributed by atoms with Gasteiger partial charge in [-0.25, -0.2) is 4.79 Å². The topological polar surface area (TPSA) is 77.8 Å². The summed E-state index contributed by atoms with van der Waals surface area (Å²) in [6.45, 7) is 0.424. The lowest BCUT2D eigenvalue weighted by Crippen LogP contribution is -2.33. The van der Waals surface area contributed by atoms with Gasteiger partial charge in [0.05, 0.1) is 13.4 Å². The first-order valence-corrected chi connectivity index (χ1v) is 8.87. The number of esters is 1. The van der Waals surface area contributed by atoms with Crippen LogP contribution in [0.3, 0.4) is 0 Å². The Morgan fingerprint density at radius 3 is 2.39 bits per heavy atom. The molecule has 144 valence electrons. The second-order valence-corrected chi connectivity index (χ2v) is 6.06. The van der Waals surface area contributed by atoms with E-state index in [9.17, 15) is 9.59 Å². The first-order chi connectivity index (χ1) is 13.7. The Balaban J connectivity index is 1.70. The zero-order chi connectivity index (χ0) is 19.8. The third-order valence-electron chi connectivity index (χ3n) is 4.16. The van der Waals surface area contributed by atoms with Gasteiger partial charge in [0.1, 0.15) is 5.75 Å². The van der Waals surface area contributed by atoms with Gasteiger partial charge in [0.2, 0.25) is 11.9 Å². The van der Waals surface area contributed by atoms with Crippen LogP contribution in [0.5, 0.6) is 5.75 Å². The highest BCUT2D eigenvalue weighted by atomic mass is 16.6. The molecule has 3 aromatic rings. The minimum Gasteiger partial charge on any atom is -0.497 e. The van der Waals surface area contributed by atoms with Crippen LogP contribution in [0.15, 0.2) is 77.4 Å². The van der Waals surface area contributed by atoms with Crippen molar-refractivity contribution in [1.82, 2.24) is 5.32 Å². The Kier molecular flexibility index (Phi) is 6.46. The molecule has 3 rings (SSSR count). The molecule has 2 aromatic carbocycles. The number of carbonyl (C=O) groups excluding carboxylic acids is 2. The first kappa shape index (κ1) is 19.2. The van der Waals surface area contributed by atoms with E-state index >= 15 is 0 Å². The molecule has 6 nitrogen and oxygen atoms in total. The van der Waals surface area contributed by atoms with Crippen LogP contribution in [-0.2, 0) is 16.0 Å². The molecule has 28 heavy (non-hydrogen) atoms. The molecule has 6 heteroatoms. The van der Waals surface area contributed by atoms with Gasteiger partial charge in [0.15, 0.2) is 0 Å². The smallest absolute Gasteiger partial charge is 0.375 e. The molecule has 1 heterocycles. The maximum atomic E-state index is 12.7. The van der Waals surface area contributed by atoms with E-state index in [-0.39, 0.29) is 5.76 Å². The van der Waals surface area contributed by atoms with E-state index in [4.69, 9.17) is 13.9 Å². The Morgan fingerprint density at radius 1 is 1.00 bits per heavy atom. The third kappa shape index (κ3) is 5.01. The Hall–Kier alpha value is -3.54. The normalized spacial score (nSPS) is 11.5. The summed E-state index contributed by atoms with van der Waals surface area (Å²) in [7, 11) is 1.56. The third-order valence-corrected chi connectivity index (χ3v) is 4.16. The summed E-state index contributed by atoms with van der Waals surface area (Å²) in [5, 5.41) is 2.83. The maximum absolute atomic E-state index is 12.7. The van der Waals surface area contributed by atoms with Gasteiger partial charge in [-0.3, -0.25) is 4.79 Å². The molecule has 0 radical (unpaired) electrons. The van der Waals surface area contributed by atoms with E-state index in [1.54, 1.807) is 37.4 Å². The van der Waals surface area contributed by atoms with Crippen LogP contribution < -0.4 is 10.1 Å². The standard InChI is InChI=1S/C22H21NO5/c1-26-18-11-9-17(10-12-18)20(28-22(25)19-8-5-15-27-19)21(24)23-14-13-16-6-3-2-4-7-16/h2-12,15,20H,13-14H2,1H3,(H,23,24). The minimum atomic E-state index is -1.10. The fraction of sp³-hybridized carbons (Fsp3) is 0.182. The summed E-state index contributed by atoms with van der Waals surface area (Å²) in [5.74, 6) is -0.426. The molecule has 0 saturated heterocycles. The molecule has 0 aliphatic rings. The average Bonchev–Trinajstić information content (AvgIpc) is 3.28. The molecule has 1 aromatic heterocycles. The lowest BCUT2D eigenvalue weighted by atomic mass is 10.1. The van der Waals surface area contributed by atoms with Crippen LogP contribution in [-0.4, -0.2) is 25.5 Å². The largest absolute Gasteiger partial charge is 0.497 e. The Labute approximate surface area is 163 Å². The summed E-state index contributed by atoms with van der Waals surface area (Å²) in [4.78, 5) is 25.0. The molecule has 1 N–H and O–H groups in total. The molecule has 0 spiro atoms. The predicted octanol–water partition coefficient (Wildman–Crippen LogP) is 3.55. The van der Waals surface area contributed by atoms with Gasteiger partial charge in [-0.2, -0.15) is 0 Å². The highest BCUT2D eigenvalue weighted by molar-refractivity contribution is 5.90. The minimum absolute atomic E-state index is 0.0376. The van der Waals surface area contributed by atoms with Crippen molar-refractivity contribution in [3.8, 4) is 5.75 Å². The lowest BCUT2D eigenvalue weighted by Gasteiger charge is -2.18. The molecular formula is C22H21NO5. The SMILES string of the molecule is COc1ccc(C(OC(=O)c2ccco2)C(=O)NCCc2ccccc2)cc1. The maximum Gasteiger partial charge on any atom is 0.375 e. The van der Waals surface area contributed by atoms with Crippen LogP contribution in [0.4, 0.5) is 0 Å². The van der Waals surface area contributed by atoms with Crippen LogP contribution >= 0.6 is 0 Å². The molecule has 0 aliphatic heterocycles. The molecule has 0 saturated carbocycles. The molecular weight excluding hydrogens is 358 g/mol. The van der Waals surface area contributed by atoms with E-state index in [1.165, 1.54) is 12.3 Å². The van der Waals surface area contributed by atoms with Crippen LogP contribution in [0, 0.1) is 0 Å². The van der Waals surface area contributed by atoms with Gasteiger partial charge in [-0.15, -0.1) is 0 Å². The Morgan fingerprint density at radius 2 is 1.75 bits per heavy atom. The molecule has 1 unspecified atom stereocenters. The molecule has 0 aliphatic carbocycles. The van der Waals surface area contributed by atoms with Crippen LogP contribution in [0.1, 0.15) is 27.8 Å². The fourth-order valence-electron chi connectivity index (χ4n) is 2.68. The summed E-state index contributed by atoms with van der Waals surface area (Å²) >= 11 is 0. The zero-order valence-corrected chi connectivity index (χ0v) is 15.5. The van der Waals surface area contributed by atoms with Crippen molar-refractivity contribution in [2.75, 3.05) is 13.7 Å². The van der Waals surface area contributed by atoms with Gasteiger partial charge in [0.25, 0.3) is 5.91 Å². The zero-order valence-electron chi connectivity index (χ0n) is 15.5. The van der Waals surface area contributed by atoms with Crippen molar-refractivity contribution < 1.29 is 23.5 Å². The van der Waals surface area contributed by atoms with Gasteiger partial charge in [-0.05, 0) is 36.2 Å². The average molecular weight is 379 g/mol. The van der Waals surface area contributed by atoms with E-state index in [0.717, 1.165) is 5.56 Å². The molecule has 0 bridgehead atoms. The number of hydrogen-bond donors (Lipinski definition) is 1. The van der Waals surface area contributed by atoms with Gasteiger partial charge in [0, 0.05) is 12.1 Å². The summed E-state index contributed by atoms with van der Waals surface area (Å²) in [6.07, 6.45) is 0.951. The number of rotatable bonds is 8. The number of benzene rings is 2. The number of carbonyl (C=O) groups is 2. The second kappa shape index (κ2) is 9.41. The van der Waals surface area contributed by atoms with Crippen LogP contribution in [0.2, 0.25) is 0 Å². The molecule has 1 atom stereocenters. The highest BCUT2D eigenvalue weighted by Crippen LogP contribution is 2.22. The fourth-order valence-corrected chi connectivity index (χ4v) is 2.68. The van der Waals surface area contributed by atoms with E-state index in [2.05, 4.69) is 5.32 Å². The second-order valence-electron chi connectivity index (χ2n) is 6.06. The van der Waals surface area contributed by atoms with Crippen molar-refractivity contribution in [2.45, 2.75) is 12.5 Å². The van der Waals surface area contributed by atoms with Crippen LogP contribution in [0.25, 0.3) is 0 Å². The van der Waals surface area contributed by atoms with Crippen molar-refractivity contribution in [3.05, 3.63) is 89.9 Å². The first-order valence-electron chi connectivity index (χ1n) is 8.87. The van der Waals surface area contributed by atoms with E-state index in [1.807, 2.05) is 30.3 Å². The molecule has 0 fully saturated rings. The number of nitrogens with one attached hydrogen (secondary N) is 1. The lowest BCUT2D eigenvalue weighted by molar-refractivity contribution is -0.130. The van der Waals surface area contributed by atoms with Gasteiger partial charge >= 0.3 is 5.97 Å². The summed E-state index contributed by atoms with van der Waals surface area (Å²) < 4.78 is 15.6. The number of furan rings is 1. The molecule has 1 amide bonds. The predicted molar refractivity (Wildman–Crippen MR) is 103 cm³/mol. The Bertz CT molecular complexity index is 888. The van der Waals surface area contributed by atoms with Gasteiger partial charge in [-0.1, -0.05) is 42.5 Å². The summed E-state index contributed by atoms with van der Waals surface area (Å²) in [6, 6.07) is 19.7. The number of methoxy groups -OCH3 is 1. The highest BCUT2D eigenvalue weighted by Gasteiger charge is 2.26. The monoisotopic (exact) mass is 379 g/mol. The van der Waals surface area contributed by atoms with E-state index in [0.29, 0.717) is 24.3 Å². The van der Waals surface area contributed by atoms with Gasteiger partial charge < -0.3 is 19.2 Å². The van der Waals surface area contributed by atoms with Crippen molar-refractivity contribution in [2.24, 2.45) is 0 Å². The van der Waals surface area contributed by atoms with Crippen molar-refractivity contribution in [3.63, 3.8) is 0 Å². The quantitative estimate of drug-likeness (QED) is 0.606. The number of ether oxygens (including phenoxy) is 2. The number of hydrogen-bond acceptors (Lipinski definition) is 5. The van der Waals surface area contributed by atoms with Crippen molar-refractivity contribution in [1.29, 1.82) is 0 Å². The van der Waals surface area contributed by atoms with E-state index < -0.39 is 18.0 Å². The summed E-state index contributed by atoms with van der Waals surface area (Å²) in [5.41, 5.74) is 1.65. The number of amides is 1. The van der Waals surface area contributed by atoms with Crippen molar-refractivity contribution >= 4 is 11.9 Å².